The van der Waals surface area contributed by atoms with Crippen molar-refractivity contribution in [3.63, 3.8) is 0 Å². The molecule has 0 aliphatic heterocycles. The SMILES string of the molecule is CCC1CC=C(c2c(Cl)nn(-c3ncccn3)c2N)CC1. The monoisotopic (exact) mass is 303 g/mol. The molecule has 2 heterocycles. The molecule has 2 aromatic heterocycles. The van der Waals surface area contributed by atoms with Crippen molar-refractivity contribution in [2.75, 3.05) is 5.73 Å². The standard InChI is InChI=1S/C15H18ClN5/c1-2-10-4-6-11(7-5-10)12-13(16)20-21(14(12)17)15-18-8-3-9-19-15/h3,6,8-10H,2,4-5,7,17H2,1H3. The number of nitrogen functional groups attached to an aromatic ring is 1. The molecule has 0 radical (unpaired) electrons. The first kappa shape index (κ1) is 14.1. The number of halogens is 1. The average molecular weight is 304 g/mol. The lowest BCUT2D eigenvalue weighted by Crippen LogP contribution is -2.08. The van der Waals surface area contributed by atoms with Crippen LogP contribution in [0.1, 0.15) is 38.2 Å². The lowest BCUT2D eigenvalue weighted by molar-refractivity contribution is 0.471. The van der Waals surface area contributed by atoms with Gasteiger partial charge in [-0.2, -0.15) is 9.78 Å². The zero-order chi connectivity index (χ0) is 14.8. The van der Waals surface area contributed by atoms with E-state index < -0.39 is 0 Å². The van der Waals surface area contributed by atoms with Gasteiger partial charge in [-0.25, -0.2) is 9.97 Å². The quantitative estimate of drug-likeness (QED) is 0.942. The van der Waals surface area contributed by atoms with Crippen molar-refractivity contribution >= 4 is 23.0 Å². The molecule has 1 aliphatic rings. The third-order valence-electron chi connectivity index (χ3n) is 4.04. The highest BCUT2D eigenvalue weighted by Crippen LogP contribution is 2.37. The van der Waals surface area contributed by atoms with E-state index >= 15 is 0 Å². The highest BCUT2D eigenvalue weighted by molar-refractivity contribution is 6.31. The van der Waals surface area contributed by atoms with E-state index in [2.05, 4.69) is 28.1 Å². The third-order valence-corrected chi connectivity index (χ3v) is 4.30. The van der Waals surface area contributed by atoms with E-state index in [0.29, 0.717) is 16.9 Å². The molecule has 2 aromatic rings. The van der Waals surface area contributed by atoms with Crippen molar-refractivity contribution < 1.29 is 0 Å². The number of aromatic nitrogens is 4. The van der Waals surface area contributed by atoms with Crippen molar-refractivity contribution in [1.82, 2.24) is 19.7 Å². The summed E-state index contributed by atoms with van der Waals surface area (Å²) < 4.78 is 1.50. The van der Waals surface area contributed by atoms with Gasteiger partial charge in [0.05, 0.1) is 5.56 Å². The van der Waals surface area contributed by atoms with Crippen LogP contribution in [0.5, 0.6) is 0 Å². The van der Waals surface area contributed by atoms with Crippen molar-refractivity contribution in [2.45, 2.75) is 32.6 Å². The average Bonchev–Trinajstić information content (AvgIpc) is 2.83. The number of nitrogens with two attached hydrogens (primary N) is 1. The molecule has 6 heteroatoms. The molecule has 0 fully saturated rings. The van der Waals surface area contributed by atoms with Gasteiger partial charge in [0.1, 0.15) is 5.82 Å². The van der Waals surface area contributed by atoms with E-state index in [1.807, 2.05) is 0 Å². The Hall–Kier alpha value is -1.88. The number of nitrogens with zero attached hydrogens (tertiary/aromatic N) is 4. The van der Waals surface area contributed by atoms with Crippen LogP contribution in [0.2, 0.25) is 5.15 Å². The van der Waals surface area contributed by atoms with Crippen molar-refractivity contribution in [3.8, 4) is 5.95 Å². The Labute approximate surface area is 128 Å². The lowest BCUT2D eigenvalue weighted by Gasteiger charge is -2.20. The fraction of sp³-hybridized carbons (Fsp3) is 0.400. The maximum atomic E-state index is 6.30. The van der Waals surface area contributed by atoms with Gasteiger partial charge in [-0.05, 0) is 36.8 Å². The van der Waals surface area contributed by atoms with Gasteiger partial charge >= 0.3 is 0 Å². The summed E-state index contributed by atoms with van der Waals surface area (Å²) in [6.45, 7) is 2.23. The largest absolute Gasteiger partial charge is 0.383 e. The van der Waals surface area contributed by atoms with Crippen LogP contribution in [0, 0.1) is 5.92 Å². The Morgan fingerprint density at radius 2 is 2.14 bits per heavy atom. The van der Waals surface area contributed by atoms with Crippen LogP contribution in [0.15, 0.2) is 24.5 Å². The van der Waals surface area contributed by atoms with Gasteiger partial charge in [0, 0.05) is 12.4 Å². The van der Waals surface area contributed by atoms with Crippen molar-refractivity contribution in [2.24, 2.45) is 5.92 Å². The zero-order valence-corrected chi connectivity index (χ0v) is 12.7. The van der Waals surface area contributed by atoms with Crippen LogP contribution in [0.25, 0.3) is 11.5 Å². The van der Waals surface area contributed by atoms with Gasteiger partial charge in [0.15, 0.2) is 5.15 Å². The van der Waals surface area contributed by atoms with E-state index in [9.17, 15) is 0 Å². The molecule has 1 aliphatic carbocycles. The fourth-order valence-corrected chi connectivity index (χ4v) is 3.03. The zero-order valence-electron chi connectivity index (χ0n) is 12.0. The molecule has 0 aromatic carbocycles. The van der Waals surface area contributed by atoms with Gasteiger partial charge < -0.3 is 5.73 Å². The van der Waals surface area contributed by atoms with E-state index in [4.69, 9.17) is 17.3 Å². The summed E-state index contributed by atoms with van der Waals surface area (Å²) in [5.74, 6) is 1.71. The molecular weight excluding hydrogens is 286 g/mol. The van der Waals surface area contributed by atoms with Gasteiger partial charge in [-0.1, -0.05) is 31.0 Å². The first-order valence-electron chi connectivity index (χ1n) is 7.21. The molecule has 0 bridgehead atoms. The minimum Gasteiger partial charge on any atom is -0.383 e. The summed E-state index contributed by atoms with van der Waals surface area (Å²) in [4.78, 5) is 8.33. The van der Waals surface area contributed by atoms with Crippen molar-refractivity contribution in [3.05, 3.63) is 35.3 Å². The minimum absolute atomic E-state index is 0.418. The minimum atomic E-state index is 0.418. The Bertz CT molecular complexity index is 662. The molecule has 0 saturated heterocycles. The second-order valence-electron chi connectivity index (χ2n) is 5.29. The predicted octanol–water partition coefficient (Wildman–Crippen LogP) is 3.49. The fourth-order valence-electron chi connectivity index (χ4n) is 2.74. The van der Waals surface area contributed by atoms with Crippen LogP contribution >= 0.6 is 11.6 Å². The smallest absolute Gasteiger partial charge is 0.252 e. The number of hydrogen-bond donors (Lipinski definition) is 1. The third kappa shape index (κ3) is 2.65. The van der Waals surface area contributed by atoms with Gasteiger partial charge in [0.2, 0.25) is 0 Å². The van der Waals surface area contributed by atoms with Crippen LogP contribution in [0.3, 0.4) is 0 Å². The maximum absolute atomic E-state index is 6.30. The van der Waals surface area contributed by atoms with Gasteiger partial charge in [-0.3, -0.25) is 0 Å². The molecule has 0 amide bonds. The molecule has 5 nitrogen and oxygen atoms in total. The molecule has 0 saturated carbocycles. The predicted molar refractivity (Wildman–Crippen MR) is 84.2 cm³/mol. The second-order valence-corrected chi connectivity index (χ2v) is 5.65. The first-order chi connectivity index (χ1) is 10.2. The number of rotatable bonds is 3. The Kier molecular flexibility index (Phi) is 3.92. The summed E-state index contributed by atoms with van der Waals surface area (Å²) in [6.07, 6.45) is 10.0. The molecule has 3 rings (SSSR count). The first-order valence-corrected chi connectivity index (χ1v) is 7.59. The van der Waals surface area contributed by atoms with Gasteiger partial charge in [-0.15, -0.1) is 0 Å². The molecule has 1 atom stereocenters. The summed E-state index contributed by atoms with van der Waals surface area (Å²) in [5.41, 5.74) is 8.25. The van der Waals surface area contributed by atoms with E-state index in [1.165, 1.54) is 23.1 Å². The number of hydrogen-bond acceptors (Lipinski definition) is 4. The van der Waals surface area contributed by atoms with Crippen LogP contribution in [0.4, 0.5) is 5.82 Å². The molecule has 110 valence electrons. The summed E-state index contributed by atoms with van der Waals surface area (Å²) in [5, 5.41) is 4.70. The Morgan fingerprint density at radius 1 is 1.38 bits per heavy atom. The summed E-state index contributed by atoms with van der Waals surface area (Å²) >= 11 is 6.30. The Balaban J connectivity index is 1.98. The number of anilines is 1. The highest BCUT2D eigenvalue weighted by atomic mass is 35.5. The maximum Gasteiger partial charge on any atom is 0.252 e. The topological polar surface area (TPSA) is 69.6 Å². The lowest BCUT2D eigenvalue weighted by atomic mass is 9.86. The van der Waals surface area contributed by atoms with Crippen LogP contribution < -0.4 is 5.73 Å². The van der Waals surface area contributed by atoms with E-state index in [0.717, 1.165) is 24.3 Å². The molecule has 2 N–H and O–H groups in total. The molecule has 1 unspecified atom stereocenters. The summed E-state index contributed by atoms with van der Waals surface area (Å²) in [6, 6.07) is 1.75. The normalized spacial score (nSPS) is 18.6. The van der Waals surface area contributed by atoms with Crippen LogP contribution in [-0.2, 0) is 0 Å². The molecule has 0 spiro atoms. The van der Waals surface area contributed by atoms with E-state index in [-0.39, 0.29) is 0 Å². The second kappa shape index (κ2) is 5.85. The molecule has 21 heavy (non-hydrogen) atoms. The number of allylic oxidation sites excluding steroid dienone is 2. The summed E-state index contributed by atoms with van der Waals surface area (Å²) in [7, 11) is 0. The van der Waals surface area contributed by atoms with Crippen LogP contribution in [-0.4, -0.2) is 19.7 Å². The Morgan fingerprint density at radius 3 is 2.76 bits per heavy atom. The molecular formula is C15H18ClN5. The van der Waals surface area contributed by atoms with E-state index in [1.54, 1.807) is 18.5 Å². The van der Waals surface area contributed by atoms with Gasteiger partial charge in [0.25, 0.3) is 5.95 Å². The highest BCUT2D eigenvalue weighted by Gasteiger charge is 2.22. The van der Waals surface area contributed by atoms with Crippen molar-refractivity contribution in [1.29, 1.82) is 0 Å².